The van der Waals surface area contributed by atoms with Crippen molar-refractivity contribution >= 4 is 11.6 Å². The third-order valence-corrected chi connectivity index (χ3v) is 2.84. The number of rotatable bonds is 4. The molecule has 1 amide bonds. The van der Waals surface area contributed by atoms with E-state index in [-0.39, 0.29) is 11.8 Å². The first kappa shape index (κ1) is 11.5. The van der Waals surface area contributed by atoms with Crippen LogP contribution < -0.4 is 5.32 Å². The minimum atomic E-state index is 0.0865. The van der Waals surface area contributed by atoms with E-state index >= 15 is 0 Å². The van der Waals surface area contributed by atoms with Crippen LogP contribution >= 0.6 is 0 Å². The minimum Gasteiger partial charge on any atom is -0.383 e. The second-order valence-electron chi connectivity index (χ2n) is 4.07. The number of hydrogen-bond donors (Lipinski definition) is 1. The quantitative estimate of drug-likeness (QED) is 0.783. The molecule has 1 fully saturated rings. The first-order chi connectivity index (χ1) is 8.29. The fraction of sp³-hybridized carbons (Fsp3) is 0.385. The normalized spacial score (nSPS) is 19.1. The number of aromatic nitrogens is 1. The number of likely N-dealkylation sites (tertiary alicyclic amines) is 1. The molecule has 1 unspecified atom stereocenters. The average Bonchev–Trinajstić information content (AvgIpc) is 2.72. The van der Waals surface area contributed by atoms with Crippen molar-refractivity contribution < 1.29 is 4.79 Å². The standard InChI is InChI=1S/C13H15N3O/c1-2-11-9-13(17)16(10-11)8-7-15-12-3-5-14-6-4-12/h1,3-6,11H,7-10H2,(H,14,15). The van der Waals surface area contributed by atoms with E-state index < -0.39 is 0 Å². The Balaban J connectivity index is 1.76. The molecule has 0 bridgehead atoms. The average molecular weight is 229 g/mol. The molecule has 88 valence electrons. The Morgan fingerprint density at radius 1 is 1.53 bits per heavy atom. The third-order valence-electron chi connectivity index (χ3n) is 2.84. The van der Waals surface area contributed by atoms with Crippen molar-refractivity contribution in [3.8, 4) is 12.3 Å². The van der Waals surface area contributed by atoms with Crippen LogP contribution in [0.2, 0.25) is 0 Å². The van der Waals surface area contributed by atoms with Gasteiger partial charge < -0.3 is 10.2 Å². The van der Waals surface area contributed by atoms with Crippen molar-refractivity contribution in [2.45, 2.75) is 6.42 Å². The summed E-state index contributed by atoms with van der Waals surface area (Å²) >= 11 is 0. The molecule has 1 N–H and O–H groups in total. The lowest BCUT2D eigenvalue weighted by Gasteiger charge is -2.16. The van der Waals surface area contributed by atoms with E-state index in [1.165, 1.54) is 0 Å². The van der Waals surface area contributed by atoms with Crippen LogP contribution in [-0.4, -0.2) is 35.4 Å². The summed E-state index contributed by atoms with van der Waals surface area (Å²) in [4.78, 5) is 17.3. The first-order valence-corrected chi connectivity index (χ1v) is 5.67. The van der Waals surface area contributed by atoms with Crippen LogP contribution in [0, 0.1) is 18.3 Å². The van der Waals surface area contributed by atoms with E-state index in [1.54, 1.807) is 12.4 Å². The molecule has 2 rings (SSSR count). The van der Waals surface area contributed by atoms with Gasteiger partial charge in [-0.3, -0.25) is 9.78 Å². The Morgan fingerprint density at radius 3 is 2.94 bits per heavy atom. The van der Waals surface area contributed by atoms with Gasteiger partial charge in [-0.1, -0.05) is 0 Å². The van der Waals surface area contributed by atoms with Gasteiger partial charge in [-0.05, 0) is 12.1 Å². The van der Waals surface area contributed by atoms with Gasteiger partial charge in [-0.25, -0.2) is 0 Å². The molecule has 4 heteroatoms. The smallest absolute Gasteiger partial charge is 0.223 e. The van der Waals surface area contributed by atoms with Gasteiger partial charge in [0.05, 0.1) is 0 Å². The van der Waals surface area contributed by atoms with Crippen LogP contribution in [-0.2, 0) is 4.79 Å². The fourth-order valence-corrected chi connectivity index (χ4v) is 1.90. The highest BCUT2D eigenvalue weighted by Crippen LogP contribution is 2.16. The molecule has 0 aliphatic carbocycles. The highest BCUT2D eigenvalue weighted by Gasteiger charge is 2.27. The molecule has 1 atom stereocenters. The SMILES string of the molecule is C#CC1CC(=O)N(CCNc2ccncc2)C1. The first-order valence-electron chi connectivity index (χ1n) is 5.67. The zero-order valence-corrected chi connectivity index (χ0v) is 9.60. The van der Waals surface area contributed by atoms with E-state index in [9.17, 15) is 4.79 Å². The number of terminal acetylenes is 1. The van der Waals surface area contributed by atoms with Crippen LogP contribution in [0.1, 0.15) is 6.42 Å². The van der Waals surface area contributed by atoms with Gasteiger partial charge >= 0.3 is 0 Å². The Kier molecular flexibility index (Phi) is 3.61. The predicted molar refractivity (Wildman–Crippen MR) is 66.2 cm³/mol. The molecule has 1 aromatic rings. The van der Waals surface area contributed by atoms with Gasteiger partial charge in [-0.15, -0.1) is 12.3 Å². The summed E-state index contributed by atoms with van der Waals surface area (Å²) in [6.07, 6.45) is 9.29. The molecule has 2 heterocycles. The molecule has 0 aromatic carbocycles. The van der Waals surface area contributed by atoms with E-state index in [0.717, 1.165) is 12.2 Å². The number of carbonyl (C=O) groups is 1. The Hall–Kier alpha value is -2.02. The number of nitrogens with one attached hydrogen (secondary N) is 1. The number of nitrogens with zero attached hydrogens (tertiary/aromatic N) is 2. The van der Waals surface area contributed by atoms with E-state index in [1.807, 2.05) is 17.0 Å². The zero-order valence-electron chi connectivity index (χ0n) is 9.60. The molecule has 17 heavy (non-hydrogen) atoms. The monoisotopic (exact) mass is 229 g/mol. The third kappa shape index (κ3) is 2.97. The van der Waals surface area contributed by atoms with Crippen LogP contribution in [0.4, 0.5) is 5.69 Å². The van der Waals surface area contributed by atoms with Gasteiger partial charge in [0.1, 0.15) is 0 Å². The van der Waals surface area contributed by atoms with E-state index in [2.05, 4.69) is 16.2 Å². The summed E-state index contributed by atoms with van der Waals surface area (Å²) in [5.41, 5.74) is 1.01. The number of pyridine rings is 1. The molecule has 1 aliphatic rings. The Bertz CT molecular complexity index is 424. The summed E-state index contributed by atoms with van der Waals surface area (Å²) in [7, 11) is 0. The van der Waals surface area contributed by atoms with Gasteiger partial charge in [-0.2, -0.15) is 0 Å². The van der Waals surface area contributed by atoms with Gasteiger partial charge in [0.25, 0.3) is 0 Å². The highest BCUT2D eigenvalue weighted by molar-refractivity contribution is 5.79. The second kappa shape index (κ2) is 5.35. The highest BCUT2D eigenvalue weighted by atomic mass is 16.2. The number of anilines is 1. The minimum absolute atomic E-state index is 0.0865. The molecule has 1 saturated heterocycles. The Labute approximate surface area is 101 Å². The van der Waals surface area contributed by atoms with Crippen molar-refractivity contribution in [2.75, 3.05) is 25.0 Å². The van der Waals surface area contributed by atoms with Crippen molar-refractivity contribution in [1.29, 1.82) is 0 Å². The topological polar surface area (TPSA) is 45.2 Å². The van der Waals surface area contributed by atoms with Crippen molar-refractivity contribution in [2.24, 2.45) is 5.92 Å². The molecule has 0 radical (unpaired) electrons. The molecule has 1 aliphatic heterocycles. The van der Waals surface area contributed by atoms with Crippen LogP contribution in [0.15, 0.2) is 24.5 Å². The second-order valence-corrected chi connectivity index (χ2v) is 4.07. The van der Waals surface area contributed by atoms with Crippen molar-refractivity contribution in [1.82, 2.24) is 9.88 Å². The van der Waals surface area contributed by atoms with Gasteiger partial charge in [0.2, 0.25) is 5.91 Å². The lowest BCUT2D eigenvalue weighted by Crippen LogP contribution is -2.30. The zero-order chi connectivity index (χ0) is 12.1. The lowest BCUT2D eigenvalue weighted by atomic mass is 10.1. The number of amides is 1. The van der Waals surface area contributed by atoms with Crippen molar-refractivity contribution in [3.05, 3.63) is 24.5 Å². The molecular formula is C13H15N3O. The van der Waals surface area contributed by atoms with Gasteiger partial charge in [0.15, 0.2) is 0 Å². The summed E-state index contributed by atoms with van der Waals surface area (Å²) in [5.74, 6) is 2.88. The van der Waals surface area contributed by atoms with Crippen LogP contribution in [0.3, 0.4) is 0 Å². The summed E-state index contributed by atoms with van der Waals surface area (Å²) in [6, 6.07) is 3.80. The molecule has 0 saturated carbocycles. The van der Waals surface area contributed by atoms with Crippen LogP contribution in [0.25, 0.3) is 0 Å². The molecular weight excluding hydrogens is 214 g/mol. The molecule has 0 spiro atoms. The van der Waals surface area contributed by atoms with E-state index in [0.29, 0.717) is 19.5 Å². The fourth-order valence-electron chi connectivity index (χ4n) is 1.90. The predicted octanol–water partition coefficient (Wildman–Crippen LogP) is 0.975. The van der Waals surface area contributed by atoms with Crippen molar-refractivity contribution in [3.63, 3.8) is 0 Å². The lowest BCUT2D eigenvalue weighted by molar-refractivity contribution is -0.127. The maximum absolute atomic E-state index is 11.6. The summed E-state index contributed by atoms with van der Waals surface area (Å²) in [5, 5.41) is 3.24. The van der Waals surface area contributed by atoms with E-state index in [4.69, 9.17) is 6.42 Å². The maximum atomic E-state index is 11.6. The summed E-state index contributed by atoms with van der Waals surface area (Å²) < 4.78 is 0. The van der Waals surface area contributed by atoms with Gasteiger partial charge in [0, 0.05) is 50.1 Å². The number of hydrogen-bond acceptors (Lipinski definition) is 3. The molecule has 1 aromatic heterocycles. The maximum Gasteiger partial charge on any atom is 0.223 e. The number of carbonyl (C=O) groups excluding carboxylic acids is 1. The summed E-state index contributed by atoms with van der Waals surface area (Å²) in [6.45, 7) is 2.11. The largest absolute Gasteiger partial charge is 0.383 e. The molecule has 4 nitrogen and oxygen atoms in total. The Morgan fingerprint density at radius 2 is 2.29 bits per heavy atom. The van der Waals surface area contributed by atoms with Crippen LogP contribution in [0.5, 0.6) is 0 Å².